The predicted octanol–water partition coefficient (Wildman–Crippen LogP) is 3.82. The van der Waals surface area contributed by atoms with Gasteiger partial charge in [0.1, 0.15) is 0 Å². The van der Waals surface area contributed by atoms with Crippen LogP contribution in [0, 0.1) is 0 Å². The van der Waals surface area contributed by atoms with E-state index in [9.17, 15) is 4.79 Å². The van der Waals surface area contributed by atoms with Crippen molar-refractivity contribution in [2.24, 2.45) is 0 Å². The molecule has 1 aromatic carbocycles. The Morgan fingerprint density at radius 3 is 2.73 bits per heavy atom. The fourth-order valence-electron chi connectivity index (χ4n) is 2.94. The van der Waals surface area contributed by atoms with E-state index in [1.165, 1.54) is 6.39 Å². The van der Waals surface area contributed by atoms with Crippen LogP contribution in [-0.4, -0.2) is 25.9 Å². The Labute approximate surface area is 151 Å². The summed E-state index contributed by atoms with van der Waals surface area (Å²) in [5.41, 5.74) is 2.82. The molecule has 1 saturated carbocycles. The Balaban J connectivity index is 1.58. The smallest absolute Gasteiger partial charge is 0.276 e. The third-order valence-electron chi connectivity index (χ3n) is 4.33. The van der Waals surface area contributed by atoms with Crippen LogP contribution in [0.25, 0.3) is 11.5 Å². The number of nitrogens with one attached hydrogen (secondary N) is 1. The van der Waals surface area contributed by atoms with E-state index in [0.29, 0.717) is 23.2 Å². The Hall–Kier alpha value is -2.96. The second-order valence-electron chi connectivity index (χ2n) is 7.59. The van der Waals surface area contributed by atoms with Gasteiger partial charge >= 0.3 is 0 Å². The average molecular weight is 351 g/mol. The number of carbonyl (C=O) groups is 1. The van der Waals surface area contributed by atoms with E-state index in [1.54, 1.807) is 6.07 Å². The first kappa shape index (κ1) is 16.5. The molecule has 0 unspecified atom stereocenters. The Bertz CT molecular complexity index is 933. The lowest BCUT2D eigenvalue weighted by molar-refractivity contribution is 0.102. The summed E-state index contributed by atoms with van der Waals surface area (Å²) >= 11 is 0. The largest absolute Gasteiger partial charge is 0.423 e. The molecule has 1 N–H and O–H groups in total. The third-order valence-corrected chi connectivity index (χ3v) is 4.33. The number of aromatic nitrogens is 4. The van der Waals surface area contributed by atoms with Crippen LogP contribution in [0.1, 0.15) is 55.7 Å². The minimum atomic E-state index is -0.224. The molecule has 0 saturated heterocycles. The van der Waals surface area contributed by atoms with E-state index in [2.05, 4.69) is 41.4 Å². The second-order valence-corrected chi connectivity index (χ2v) is 7.59. The molecule has 7 nitrogen and oxygen atoms in total. The second kappa shape index (κ2) is 6.09. The molecule has 2 aromatic heterocycles. The number of benzene rings is 1. The van der Waals surface area contributed by atoms with Gasteiger partial charge in [0.25, 0.3) is 5.91 Å². The highest BCUT2D eigenvalue weighted by molar-refractivity contribution is 6.03. The number of amides is 1. The van der Waals surface area contributed by atoms with E-state index >= 15 is 0 Å². The SMILES string of the molecule is CC(C)(C)n1nc(C(=O)Nc2cccc(-c3nnco3)c2)cc1C1CC1. The number of anilines is 1. The van der Waals surface area contributed by atoms with Crippen molar-refractivity contribution >= 4 is 11.6 Å². The van der Waals surface area contributed by atoms with Crippen LogP contribution in [-0.2, 0) is 5.54 Å². The van der Waals surface area contributed by atoms with Gasteiger partial charge in [0.15, 0.2) is 5.69 Å². The maximum absolute atomic E-state index is 12.7. The zero-order valence-corrected chi connectivity index (χ0v) is 15.1. The third kappa shape index (κ3) is 3.24. The van der Waals surface area contributed by atoms with Crippen molar-refractivity contribution in [1.29, 1.82) is 0 Å². The first-order valence-electron chi connectivity index (χ1n) is 8.70. The summed E-state index contributed by atoms with van der Waals surface area (Å²) in [4.78, 5) is 12.7. The average Bonchev–Trinajstić information content (AvgIpc) is 3.12. The van der Waals surface area contributed by atoms with E-state index in [-0.39, 0.29) is 11.4 Å². The molecule has 26 heavy (non-hydrogen) atoms. The molecule has 1 aliphatic carbocycles. The van der Waals surface area contributed by atoms with Crippen LogP contribution < -0.4 is 5.32 Å². The Morgan fingerprint density at radius 2 is 2.08 bits per heavy atom. The van der Waals surface area contributed by atoms with E-state index < -0.39 is 0 Å². The van der Waals surface area contributed by atoms with Crippen LogP contribution in [0.2, 0.25) is 0 Å². The maximum Gasteiger partial charge on any atom is 0.276 e. The first-order valence-corrected chi connectivity index (χ1v) is 8.70. The lowest BCUT2D eigenvalue weighted by Gasteiger charge is -2.22. The van der Waals surface area contributed by atoms with Gasteiger partial charge in [0.05, 0.1) is 5.54 Å². The molecule has 1 amide bonds. The standard InChI is InChI=1S/C19H21N5O2/c1-19(2,3)24-16(12-7-8-12)10-15(23-24)17(25)21-14-6-4-5-13(9-14)18-22-20-11-26-18/h4-6,9-12H,7-8H2,1-3H3,(H,21,25). The molecule has 4 rings (SSSR count). The molecule has 0 aliphatic heterocycles. The lowest BCUT2D eigenvalue weighted by atomic mass is 10.1. The Kier molecular flexibility index (Phi) is 3.86. The van der Waals surface area contributed by atoms with Crippen LogP contribution in [0.5, 0.6) is 0 Å². The molecular weight excluding hydrogens is 330 g/mol. The number of rotatable bonds is 4. The van der Waals surface area contributed by atoms with Gasteiger partial charge in [-0.1, -0.05) is 6.07 Å². The summed E-state index contributed by atoms with van der Waals surface area (Å²) in [5.74, 6) is 0.704. The van der Waals surface area contributed by atoms with Gasteiger partial charge in [-0.25, -0.2) is 0 Å². The van der Waals surface area contributed by atoms with Gasteiger partial charge in [-0.05, 0) is 57.9 Å². The topological polar surface area (TPSA) is 85.8 Å². The summed E-state index contributed by atoms with van der Waals surface area (Å²) in [7, 11) is 0. The fraction of sp³-hybridized carbons (Fsp3) is 0.368. The van der Waals surface area contributed by atoms with Crippen LogP contribution >= 0.6 is 0 Å². The van der Waals surface area contributed by atoms with Crippen molar-refractivity contribution in [1.82, 2.24) is 20.0 Å². The van der Waals surface area contributed by atoms with Crippen molar-refractivity contribution in [3.05, 3.63) is 48.1 Å². The molecule has 0 bridgehead atoms. The van der Waals surface area contributed by atoms with Crippen molar-refractivity contribution < 1.29 is 9.21 Å². The highest BCUT2D eigenvalue weighted by Crippen LogP contribution is 2.41. The predicted molar refractivity (Wildman–Crippen MR) is 96.9 cm³/mol. The molecular formula is C19H21N5O2. The van der Waals surface area contributed by atoms with Gasteiger partial charge < -0.3 is 9.73 Å². The molecule has 7 heteroatoms. The minimum Gasteiger partial charge on any atom is -0.423 e. The number of carbonyl (C=O) groups excluding carboxylic acids is 1. The monoisotopic (exact) mass is 351 g/mol. The maximum atomic E-state index is 12.7. The summed E-state index contributed by atoms with van der Waals surface area (Å²) < 4.78 is 7.18. The molecule has 2 heterocycles. The van der Waals surface area contributed by atoms with Gasteiger partial charge in [-0.3, -0.25) is 9.48 Å². The van der Waals surface area contributed by atoms with Crippen molar-refractivity contribution in [3.63, 3.8) is 0 Å². The van der Waals surface area contributed by atoms with E-state index in [4.69, 9.17) is 4.42 Å². The summed E-state index contributed by atoms with van der Waals surface area (Å²) in [6, 6.07) is 9.22. The van der Waals surface area contributed by atoms with Crippen LogP contribution in [0.15, 0.2) is 41.1 Å². The van der Waals surface area contributed by atoms with Crippen molar-refractivity contribution in [3.8, 4) is 11.5 Å². The molecule has 1 aliphatic rings. The van der Waals surface area contributed by atoms with Gasteiger partial charge in [-0.15, -0.1) is 10.2 Å². The molecule has 3 aromatic rings. The highest BCUT2D eigenvalue weighted by Gasteiger charge is 2.32. The molecule has 0 atom stereocenters. The zero-order valence-electron chi connectivity index (χ0n) is 15.1. The fourth-order valence-corrected chi connectivity index (χ4v) is 2.94. The van der Waals surface area contributed by atoms with Crippen LogP contribution in [0.3, 0.4) is 0 Å². The summed E-state index contributed by atoms with van der Waals surface area (Å²) in [6.07, 6.45) is 3.60. The molecule has 0 radical (unpaired) electrons. The van der Waals surface area contributed by atoms with Crippen molar-refractivity contribution in [2.45, 2.75) is 45.1 Å². The van der Waals surface area contributed by atoms with Gasteiger partial charge in [0, 0.05) is 22.9 Å². The molecule has 134 valence electrons. The normalized spacial score (nSPS) is 14.4. The van der Waals surface area contributed by atoms with E-state index in [0.717, 1.165) is 24.1 Å². The van der Waals surface area contributed by atoms with Crippen LogP contribution in [0.4, 0.5) is 5.69 Å². The lowest BCUT2D eigenvalue weighted by Crippen LogP contribution is -2.25. The molecule has 0 spiro atoms. The van der Waals surface area contributed by atoms with E-state index in [1.807, 2.05) is 28.9 Å². The number of hydrogen-bond donors (Lipinski definition) is 1. The first-order chi connectivity index (χ1) is 12.4. The quantitative estimate of drug-likeness (QED) is 0.772. The number of hydrogen-bond acceptors (Lipinski definition) is 5. The van der Waals surface area contributed by atoms with Gasteiger partial charge in [-0.2, -0.15) is 5.10 Å². The zero-order chi connectivity index (χ0) is 18.3. The molecule has 1 fully saturated rings. The summed E-state index contributed by atoms with van der Waals surface area (Å²) in [5, 5.41) is 15.0. The number of nitrogens with zero attached hydrogens (tertiary/aromatic N) is 4. The highest BCUT2D eigenvalue weighted by atomic mass is 16.4. The van der Waals surface area contributed by atoms with Gasteiger partial charge in [0.2, 0.25) is 12.3 Å². The minimum absolute atomic E-state index is 0.158. The summed E-state index contributed by atoms with van der Waals surface area (Å²) in [6.45, 7) is 6.30. The van der Waals surface area contributed by atoms with Crippen molar-refractivity contribution in [2.75, 3.05) is 5.32 Å². The Morgan fingerprint density at radius 1 is 1.27 bits per heavy atom.